The lowest BCUT2D eigenvalue weighted by Crippen LogP contribution is -2.21. The van der Waals surface area contributed by atoms with E-state index in [2.05, 4.69) is 4.98 Å². The third-order valence-electron chi connectivity index (χ3n) is 2.25. The summed E-state index contributed by atoms with van der Waals surface area (Å²) in [6, 6.07) is 0. The van der Waals surface area contributed by atoms with E-state index in [4.69, 9.17) is 0 Å². The molecular weight excluding hydrogens is 291 g/mol. The monoisotopic (exact) mass is 301 g/mol. The number of rotatable bonds is 2. The standard InChI is InChI=1S/C9H10F3NOS3/c10-9(11,12)8-13-3-5(17-8)7(14)6-4-15-1-2-16-6/h3,6-7,14H,1-2,4H2. The third kappa shape index (κ3) is 3.30. The van der Waals surface area contributed by atoms with Gasteiger partial charge in [-0.2, -0.15) is 36.7 Å². The Kier molecular flexibility index (Phi) is 4.27. The number of thiazole rings is 1. The van der Waals surface area contributed by atoms with Crippen LogP contribution in [-0.4, -0.2) is 32.6 Å². The van der Waals surface area contributed by atoms with Gasteiger partial charge in [0.1, 0.15) is 6.10 Å². The molecule has 0 bridgehead atoms. The summed E-state index contributed by atoms with van der Waals surface area (Å²) in [5.41, 5.74) is 0. The Morgan fingerprint density at radius 3 is 2.71 bits per heavy atom. The van der Waals surface area contributed by atoms with E-state index >= 15 is 0 Å². The van der Waals surface area contributed by atoms with E-state index in [-0.39, 0.29) is 5.25 Å². The van der Waals surface area contributed by atoms with Crippen LogP contribution in [0.1, 0.15) is 16.0 Å². The fourth-order valence-corrected chi connectivity index (χ4v) is 5.09. The smallest absolute Gasteiger partial charge is 0.386 e. The van der Waals surface area contributed by atoms with Crippen LogP contribution in [0.4, 0.5) is 13.2 Å². The zero-order chi connectivity index (χ0) is 12.5. The van der Waals surface area contributed by atoms with Gasteiger partial charge in [-0.3, -0.25) is 0 Å². The molecule has 0 spiro atoms. The van der Waals surface area contributed by atoms with Crippen molar-refractivity contribution in [2.75, 3.05) is 17.3 Å². The van der Waals surface area contributed by atoms with Crippen LogP contribution in [0.2, 0.25) is 0 Å². The number of thioether (sulfide) groups is 2. The molecule has 1 aromatic rings. The van der Waals surface area contributed by atoms with Gasteiger partial charge in [0.2, 0.25) is 0 Å². The first-order valence-electron chi connectivity index (χ1n) is 4.89. The average Bonchev–Trinajstić information content (AvgIpc) is 2.78. The largest absolute Gasteiger partial charge is 0.443 e. The van der Waals surface area contributed by atoms with Crippen LogP contribution in [0, 0.1) is 0 Å². The molecule has 0 aromatic carbocycles. The maximum Gasteiger partial charge on any atom is 0.443 e. The molecule has 1 aromatic heterocycles. The van der Waals surface area contributed by atoms with Crippen molar-refractivity contribution < 1.29 is 18.3 Å². The zero-order valence-corrected chi connectivity index (χ0v) is 11.1. The van der Waals surface area contributed by atoms with Gasteiger partial charge in [-0.15, -0.1) is 11.3 Å². The predicted octanol–water partition coefficient (Wildman–Crippen LogP) is 3.04. The molecule has 1 aliphatic rings. The van der Waals surface area contributed by atoms with Crippen LogP contribution < -0.4 is 0 Å². The Bertz CT molecular complexity index is 376. The molecule has 1 fully saturated rings. The van der Waals surface area contributed by atoms with Gasteiger partial charge in [-0.25, -0.2) is 4.98 Å². The average molecular weight is 301 g/mol. The van der Waals surface area contributed by atoms with Crippen LogP contribution in [-0.2, 0) is 6.18 Å². The molecule has 0 radical (unpaired) electrons. The first-order valence-corrected chi connectivity index (χ1v) is 7.91. The Balaban J connectivity index is 2.08. The Morgan fingerprint density at radius 2 is 2.18 bits per heavy atom. The summed E-state index contributed by atoms with van der Waals surface area (Å²) in [5, 5.41) is 9.07. The third-order valence-corrected chi connectivity index (χ3v) is 6.21. The highest BCUT2D eigenvalue weighted by Crippen LogP contribution is 2.38. The van der Waals surface area contributed by atoms with Crippen molar-refractivity contribution in [2.45, 2.75) is 17.5 Å². The van der Waals surface area contributed by atoms with Gasteiger partial charge in [0, 0.05) is 28.7 Å². The number of nitrogens with zero attached hydrogens (tertiary/aromatic N) is 1. The number of aliphatic hydroxyl groups excluding tert-OH is 1. The first-order chi connectivity index (χ1) is 7.98. The second kappa shape index (κ2) is 5.38. The number of alkyl halides is 3. The van der Waals surface area contributed by atoms with E-state index in [1.165, 1.54) is 0 Å². The highest BCUT2D eigenvalue weighted by Gasteiger charge is 2.36. The number of halogens is 3. The molecule has 17 heavy (non-hydrogen) atoms. The molecular formula is C9H10F3NOS3. The van der Waals surface area contributed by atoms with Crippen molar-refractivity contribution in [2.24, 2.45) is 0 Å². The van der Waals surface area contributed by atoms with Crippen molar-refractivity contribution >= 4 is 34.9 Å². The SMILES string of the molecule is OC(c1cnc(C(F)(F)F)s1)C1CSCCS1. The number of hydrogen-bond donors (Lipinski definition) is 1. The lowest BCUT2D eigenvalue weighted by atomic mass is 10.2. The van der Waals surface area contributed by atoms with Crippen LogP contribution in [0.3, 0.4) is 0 Å². The summed E-state index contributed by atoms with van der Waals surface area (Å²) in [4.78, 5) is 3.62. The zero-order valence-electron chi connectivity index (χ0n) is 8.61. The van der Waals surface area contributed by atoms with Gasteiger partial charge in [0.25, 0.3) is 0 Å². The number of aromatic nitrogens is 1. The van der Waals surface area contributed by atoms with E-state index < -0.39 is 17.3 Å². The fourth-order valence-electron chi connectivity index (χ4n) is 1.43. The van der Waals surface area contributed by atoms with Crippen LogP contribution in [0.25, 0.3) is 0 Å². The number of aliphatic hydroxyl groups is 1. The molecule has 0 saturated carbocycles. The van der Waals surface area contributed by atoms with Gasteiger partial charge in [-0.1, -0.05) is 0 Å². The second-order valence-electron chi connectivity index (χ2n) is 3.49. The molecule has 2 rings (SSSR count). The van der Waals surface area contributed by atoms with Gasteiger partial charge in [-0.05, 0) is 0 Å². The van der Waals surface area contributed by atoms with Gasteiger partial charge < -0.3 is 5.11 Å². The van der Waals surface area contributed by atoms with Gasteiger partial charge in [0.15, 0.2) is 5.01 Å². The first kappa shape index (κ1) is 13.5. The van der Waals surface area contributed by atoms with Crippen LogP contribution >= 0.6 is 34.9 Å². The maximum atomic E-state index is 12.4. The van der Waals surface area contributed by atoms with E-state index in [0.717, 1.165) is 23.5 Å². The molecule has 1 N–H and O–H groups in total. The van der Waals surface area contributed by atoms with Crippen molar-refractivity contribution in [1.82, 2.24) is 4.98 Å². The summed E-state index contributed by atoms with van der Waals surface area (Å²) in [6.07, 6.45) is -4.13. The molecule has 8 heteroatoms. The lowest BCUT2D eigenvalue weighted by molar-refractivity contribution is -0.137. The molecule has 96 valence electrons. The molecule has 1 saturated heterocycles. The summed E-state index contributed by atoms with van der Waals surface area (Å²) < 4.78 is 37.1. The van der Waals surface area contributed by atoms with Crippen molar-refractivity contribution in [1.29, 1.82) is 0 Å². The minimum absolute atomic E-state index is 0.0321. The highest BCUT2D eigenvalue weighted by atomic mass is 32.2. The molecule has 2 heterocycles. The normalized spacial score (nSPS) is 23.6. The summed E-state index contributed by atoms with van der Waals surface area (Å²) in [5.74, 6) is 2.73. The molecule has 2 nitrogen and oxygen atoms in total. The van der Waals surface area contributed by atoms with Crippen molar-refractivity contribution in [3.05, 3.63) is 16.1 Å². The second-order valence-corrected chi connectivity index (χ2v) is 7.05. The van der Waals surface area contributed by atoms with Crippen molar-refractivity contribution in [3.8, 4) is 0 Å². The van der Waals surface area contributed by atoms with E-state index in [1.807, 2.05) is 0 Å². The summed E-state index contributed by atoms with van der Waals surface area (Å²) in [7, 11) is 0. The Morgan fingerprint density at radius 1 is 1.41 bits per heavy atom. The van der Waals surface area contributed by atoms with E-state index in [1.54, 1.807) is 23.5 Å². The van der Waals surface area contributed by atoms with Crippen LogP contribution in [0.15, 0.2) is 6.20 Å². The molecule has 1 aliphatic heterocycles. The Hall–Kier alpha value is 0.0800. The van der Waals surface area contributed by atoms with Gasteiger partial charge >= 0.3 is 6.18 Å². The maximum absolute atomic E-state index is 12.4. The quantitative estimate of drug-likeness (QED) is 0.910. The topological polar surface area (TPSA) is 33.1 Å². The minimum atomic E-state index is -4.42. The molecule has 0 amide bonds. The summed E-state index contributed by atoms with van der Waals surface area (Å²) >= 11 is 3.86. The van der Waals surface area contributed by atoms with E-state index in [9.17, 15) is 18.3 Å². The fraction of sp³-hybridized carbons (Fsp3) is 0.667. The predicted molar refractivity (Wildman–Crippen MR) is 65.6 cm³/mol. The number of hydrogen-bond acceptors (Lipinski definition) is 5. The lowest BCUT2D eigenvalue weighted by Gasteiger charge is -2.24. The molecule has 2 unspecified atom stereocenters. The minimum Gasteiger partial charge on any atom is -0.386 e. The summed E-state index contributed by atoms with van der Waals surface area (Å²) in [6.45, 7) is 0. The highest BCUT2D eigenvalue weighted by molar-refractivity contribution is 8.06. The van der Waals surface area contributed by atoms with E-state index in [0.29, 0.717) is 16.2 Å². The van der Waals surface area contributed by atoms with Gasteiger partial charge in [0.05, 0.1) is 4.88 Å². The Labute approximate surface area is 109 Å². The molecule has 0 aliphatic carbocycles. The van der Waals surface area contributed by atoms with Crippen LogP contribution in [0.5, 0.6) is 0 Å². The molecule has 2 atom stereocenters. The van der Waals surface area contributed by atoms with Crippen molar-refractivity contribution in [3.63, 3.8) is 0 Å².